The molecule has 7 nitrogen and oxygen atoms in total. The minimum atomic E-state index is -0.422. The average molecular weight is 465 g/mol. The summed E-state index contributed by atoms with van der Waals surface area (Å²) in [5.41, 5.74) is 5.74. The Bertz CT molecular complexity index is 1080. The molecule has 7 heteroatoms. The van der Waals surface area contributed by atoms with Gasteiger partial charge in [-0.05, 0) is 36.8 Å². The highest BCUT2D eigenvalue weighted by Crippen LogP contribution is 2.41. The number of aromatic nitrogens is 1. The van der Waals surface area contributed by atoms with Crippen molar-refractivity contribution in [2.45, 2.75) is 59.0 Å². The molecule has 3 aliphatic heterocycles. The Morgan fingerprint density at radius 1 is 0.941 bits per heavy atom. The molecule has 0 amide bonds. The summed E-state index contributed by atoms with van der Waals surface area (Å²) in [7, 11) is 5.01. The van der Waals surface area contributed by atoms with Crippen LogP contribution in [0.1, 0.15) is 46.2 Å². The molecule has 182 valence electrons. The molecule has 0 bridgehead atoms. The normalized spacial score (nSPS) is 26.5. The molecule has 1 N–H and O–H groups in total. The van der Waals surface area contributed by atoms with Crippen molar-refractivity contribution in [3.05, 3.63) is 53.6 Å². The second kappa shape index (κ2) is 9.56. The van der Waals surface area contributed by atoms with Gasteiger partial charge in [0, 0.05) is 61.9 Å². The Morgan fingerprint density at radius 2 is 1.59 bits per heavy atom. The summed E-state index contributed by atoms with van der Waals surface area (Å²) in [6.45, 7) is 8.80. The molecule has 0 saturated carbocycles. The summed E-state index contributed by atoms with van der Waals surface area (Å²) in [4.78, 5) is 18.0. The lowest BCUT2D eigenvalue weighted by atomic mass is 9.85. The van der Waals surface area contributed by atoms with Gasteiger partial charge in [0.2, 0.25) is 0 Å². The first kappa shape index (κ1) is 24.5. The molecule has 0 fully saturated rings. The van der Waals surface area contributed by atoms with E-state index in [2.05, 4.69) is 50.9 Å². The van der Waals surface area contributed by atoms with Crippen LogP contribution in [0.3, 0.4) is 0 Å². The van der Waals surface area contributed by atoms with Crippen molar-refractivity contribution in [3.63, 3.8) is 0 Å². The van der Waals surface area contributed by atoms with Gasteiger partial charge in [0.05, 0.1) is 17.1 Å². The number of hydrogen-bond acceptors (Lipinski definition) is 6. The molecule has 4 rings (SSSR count). The first-order chi connectivity index (χ1) is 16.2. The Hall–Kier alpha value is -2.61. The number of rotatable bonds is 8. The molecular weight excluding hydrogens is 428 g/mol. The van der Waals surface area contributed by atoms with Crippen molar-refractivity contribution in [1.82, 2.24) is 4.98 Å². The van der Waals surface area contributed by atoms with Gasteiger partial charge in [0.15, 0.2) is 6.29 Å². The summed E-state index contributed by atoms with van der Waals surface area (Å²) < 4.78 is 16.8. The third kappa shape index (κ3) is 4.92. The third-order valence-corrected chi connectivity index (χ3v) is 6.71. The number of methoxy groups -OCH3 is 3. The minimum Gasteiger partial charge on any atom is -0.373 e. The van der Waals surface area contributed by atoms with Crippen molar-refractivity contribution >= 4 is 23.2 Å². The van der Waals surface area contributed by atoms with E-state index in [-0.39, 0.29) is 23.0 Å². The highest BCUT2D eigenvalue weighted by atomic mass is 16.7. The molecule has 0 saturated heterocycles. The standard InChI is InChI=1S/C27H36N4O3/c1-26(2)15-20(30-22(26)13-17-9-8-12-28-17)24(32-5)19-11-10-18(29-19)14-23-27(3,4)16-21(31-23)25(33-6)34-7/h8-14,19,24-25,28H,15-16H2,1-7H3/b22-13-,23-14-. The Balaban J connectivity index is 1.56. The molecule has 34 heavy (non-hydrogen) atoms. The summed E-state index contributed by atoms with van der Waals surface area (Å²) in [5, 5.41) is 0. The number of nitrogens with zero attached hydrogens (tertiary/aromatic N) is 3. The topological polar surface area (TPSA) is 80.6 Å². The predicted molar refractivity (Wildman–Crippen MR) is 137 cm³/mol. The fourth-order valence-corrected chi connectivity index (χ4v) is 4.81. The number of aliphatic imine (C=N–C) groups is 3. The van der Waals surface area contributed by atoms with Crippen molar-refractivity contribution in [3.8, 4) is 0 Å². The summed E-state index contributed by atoms with van der Waals surface area (Å²) in [6.07, 6.45) is 11.3. The number of ether oxygens (including phenoxy) is 3. The quantitative estimate of drug-likeness (QED) is 0.550. The maximum Gasteiger partial charge on any atom is 0.196 e. The molecular formula is C27H36N4O3. The van der Waals surface area contributed by atoms with Crippen LogP contribution in [-0.4, -0.2) is 61.9 Å². The zero-order chi connectivity index (χ0) is 24.5. The van der Waals surface area contributed by atoms with Gasteiger partial charge in [-0.2, -0.15) is 0 Å². The van der Waals surface area contributed by atoms with E-state index in [0.29, 0.717) is 0 Å². The molecule has 0 radical (unpaired) electrons. The number of hydrogen-bond donors (Lipinski definition) is 1. The second-order valence-electron chi connectivity index (χ2n) is 10.4. The van der Waals surface area contributed by atoms with E-state index in [1.165, 1.54) is 0 Å². The van der Waals surface area contributed by atoms with Crippen LogP contribution >= 0.6 is 0 Å². The SMILES string of the molecule is COC(OC)C1=N/C(=C\C2=NC(C(OC)C3=N/C(=C\c4ccc[nH]4)C(C)(C)C3)C=C2)C(C)(C)C1. The molecule has 2 unspecified atom stereocenters. The van der Waals surface area contributed by atoms with E-state index in [9.17, 15) is 0 Å². The highest BCUT2D eigenvalue weighted by molar-refractivity contribution is 6.07. The number of aromatic amines is 1. The first-order valence-electron chi connectivity index (χ1n) is 11.7. The van der Waals surface area contributed by atoms with E-state index in [1.54, 1.807) is 21.3 Å². The van der Waals surface area contributed by atoms with Gasteiger partial charge in [-0.15, -0.1) is 0 Å². The predicted octanol–water partition coefficient (Wildman–Crippen LogP) is 4.99. The van der Waals surface area contributed by atoms with E-state index in [4.69, 9.17) is 29.2 Å². The molecule has 1 aromatic heterocycles. The average Bonchev–Trinajstić information content (AvgIpc) is 3.55. The highest BCUT2D eigenvalue weighted by Gasteiger charge is 2.39. The molecule has 3 aliphatic rings. The van der Waals surface area contributed by atoms with E-state index in [1.807, 2.05) is 24.4 Å². The third-order valence-electron chi connectivity index (χ3n) is 6.71. The number of allylic oxidation sites excluding steroid dienone is 4. The van der Waals surface area contributed by atoms with Crippen LogP contribution in [0.4, 0.5) is 0 Å². The molecule has 0 spiro atoms. The van der Waals surface area contributed by atoms with E-state index in [0.717, 1.165) is 47.1 Å². The molecule has 1 aromatic rings. The summed E-state index contributed by atoms with van der Waals surface area (Å²) >= 11 is 0. The zero-order valence-corrected chi connectivity index (χ0v) is 21.3. The summed E-state index contributed by atoms with van der Waals surface area (Å²) in [5.74, 6) is 0. The lowest BCUT2D eigenvalue weighted by Crippen LogP contribution is -2.33. The lowest BCUT2D eigenvalue weighted by molar-refractivity contribution is -0.0532. The van der Waals surface area contributed by atoms with Crippen LogP contribution in [0.25, 0.3) is 6.08 Å². The summed E-state index contributed by atoms with van der Waals surface area (Å²) in [6, 6.07) is 3.93. The first-order valence-corrected chi connectivity index (χ1v) is 11.7. The minimum absolute atomic E-state index is 0.0632. The van der Waals surface area contributed by atoms with E-state index >= 15 is 0 Å². The lowest BCUT2D eigenvalue weighted by Gasteiger charge is -2.22. The van der Waals surface area contributed by atoms with Crippen molar-refractivity contribution in [2.75, 3.05) is 21.3 Å². The van der Waals surface area contributed by atoms with Crippen molar-refractivity contribution in [2.24, 2.45) is 25.8 Å². The maximum atomic E-state index is 5.93. The van der Waals surface area contributed by atoms with Crippen LogP contribution in [-0.2, 0) is 14.2 Å². The van der Waals surface area contributed by atoms with Crippen LogP contribution in [0, 0.1) is 10.8 Å². The Kier molecular flexibility index (Phi) is 6.90. The van der Waals surface area contributed by atoms with Crippen molar-refractivity contribution in [1.29, 1.82) is 0 Å². The van der Waals surface area contributed by atoms with Crippen LogP contribution in [0.15, 0.2) is 62.9 Å². The van der Waals surface area contributed by atoms with Crippen molar-refractivity contribution < 1.29 is 14.2 Å². The van der Waals surface area contributed by atoms with Crippen LogP contribution in [0.5, 0.6) is 0 Å². The maximum absolute atomic E-state index is 5.93. The van der Waals surface area contributed by atoms with Gasteiger partial charge in [0.1, 0.15) is 12.1 Å². The zero-order valence-electron chi connectivity index (χ0n) is 21.3. The monoisotopic (exact) mass is 464 g/mol. The van der Waals surface area contributed by atoms with Gasteiger partial charge in [0.25, 0.3) is 0 Å². The second-order valence-corrected chi connectivity index (χ2v) is 10.4. The van der Waals surface area contributed by atoms with Gasteiger partial charge >= 0.3 is 0 Å². The van der Waals surface area contributed by atoms with Gasteiger partial charge in [-0.3, -0.25) is 15.0 Å². The Morgan fingerprint density at radius 3 is 2.21 bits per heavy atom. The van der Waals surface area contributed by atoms with Gasteiger partial charge < -0.3 is 19.2 Å². The van der Waals surface area contributed by atoms with Crippen LogP contribution < -0.4 is 0 Å². The fraction of sp³-hybridized carbons (Fsp3) is 0.519. The van der Waals surface area contributed by atoms with Crippen LogP contribution in [0.2, 0.25) is 0 Å². The smallest absolute Gasteiger partial charge is 0.196 e. The molecule has 0 aliphatic carbocycles. The Labute approximate surface area is 202 Å². The molecule has 4 heterocycles. The number of nitrogens with one attached hydrogen (secondary N) is 1. The molecule has 0 aromatic carbocycles. The largest absolute Gasteiger partial charge is 0.373 e. The number of H-pyrrole nitrogens is 1. The van der Waals surface area contributed by atoms with Gasteiger partial charge in [-0.1, -0.05) is 33.8 Å². The van der Waals surface area contributed by atoms with E-state index < -0.39 is 6.29 Å². The van der Waals surface area contributed by atoms with Gasteiger partial charge in [-0.25, -0.2) is 0 Å². The fourth-order valence-electron chi connectivity index (χ4n) is 4.81. The molecule has 2 atom stereocenters.